The average Bonchev–Trinajstić information content (AvgIpc) is 2.96. The Morgan fingerprint density at radius 2 is 1.82 bits per heavy atom. The lowest BCUT2D eigenvalue weighted by Crippen LogP contribution is -2.53. The minimum absolute atomic E-state index is 0.00644. The molecule has 6 nitrogen and oxygen atoms in total. The summed E-state index contributed by atoms with van der Waals surface area (Å²) in [6, 6.07) is 4.80. The number of benzene rings is 1. The highest BCUT2D eigenvalue weighted by atomic mass is 16.5. The Kier molecular flexibility index (Phi) is 7.32. The number of ether oxygens (including phenoxy) is 1. The molecule has 0 saturated heterocycles. The molecular formula is C33H39N3O3. The van der Waals surface area contributed by atoms with Gasteiger partial charge >= 0.3 is 0 Å². The van der Waals surface area contributed by atoms with Gasteiger partial charge in [0.1, 0.15) is 23.5 Å². The summed E-state index contributed by atoms with van der Waals surface area (Å²) in [6.07, 6.45) is 21.3. The quantitative estimate of drug-likeness (QED) is 0.297. The van der Waals surface area contributed by atoms with Crippen LogP contribution in [-0.2, 0) is 4.74 Å². The van der Waals surface area contributed by atoms with Gasteiger partial charge in [-0.05, 0) is 59.6 Å². The number of hydrogen-bond donors (Lipinski definition) is 4. The molecule has 5 aliphatic rings. The molecule has 0 fully saturated rings. The molecule has 4 aliphatic carbocycles. The maximum Gasteiger partial charge on any atom is 0.187 e. The summed E-state index contributed by atoms with van der Waals surface area (Å²) in [5.74, 6) is 2.01. The Balaban J connectivity index is 1.35. The lowest BCUT2D eigenvalue weighted by Gasteiger charge is -2.39. The van der Waals surface area contributed by atoms with Gasteiger partial charge in [-0.1, -0.05) is 81.7 Å². The second kappa shape index (κ2) is 11.0. The van der Waals surface area contributed by atoms with E-state index in [4.69, 9.17) is 9.73 Å². The van der Waals surface area contributed by atoms with Gasteiger partial charge in [0.25, 0.3) is 0 Å². The molecular weight excluding hydrogens is 486 g/mol. The molecule has 6 rings (SSSR count). The first-order valence-electron chi connectivity index (χ1n) is 14.5. The molecule has 39 heavy (non-hydrogen) atoms. The molecule has 0 spiro atoms. The summed E-state index contributed by atoms with van der Waals surface area (Å²) in [6.45, 7) is 5.05. The largest absolute Gasteiger partial charge is 0.507 e. The summed E-state index contributed by atoms with van der Waals surface area (Å²) in [5, 5.41) is 28.2. The fraction of sp³-hybridized carbons (Fsp3) is 0.424. The Morgan fingerprint density at radius 1 is 1.03 bits per heavy atom. The van der Waals surface area contributed by atoms with Gasteiger partial charge in [-0.15, -0.1) is 0 Å². The number of nitrogens with zero attached hydrogens (tertiary/aromatic N) is 1. The van der Waals surface area contributed by atoms with Crippen LogP contribution in [0.3, 0.4) is 0 Å². The predicted molar refractivity (Wildman–Crippen MR) is 155 cm³/mol. The number of nitrogens with one attached hydrogen (secondary N) is 2. The number of phenols is 2. The number of phenolic OH excluding ortho intramolecular Hbond substituents is 2. The molecule has 5 unspecified atom stereocenters. The van der Waals surface area contributed by atoms with E-state index in [1.54, 1.807) is 18.2 Å². The van der Waals surface area contributed by atoms with E-state index in [0.29, 0.717) is 29.9 Å². The van der Waals surface area contributed by atoms with Crippen molar-refractivity contribution in [2.24, 2.45) is 22.7 Å². The van der Waals surface area contributed by atoms with Crippen molar-refractivity contribution in [2.45, 2.75) is 64.9 Å². The molecule has 0 saturated carbocycles. The molecule has 0 amide bonds. The number of amidine groups is 1. The van der Waals surface area contributed by atoms with Crippen LogP contribution in [0.1, 0.15) is 64.1 Å². The molecule has 1 aliphatic heterocycles. The van der Waals surface area contributed by atoms with E-state index >= 15 is 0 Å². The monoisotopic (exact) mass is 525 g/mol. The standard InChI is InChI=1S/C33H39N3O3/c1-3-5-8-20(4-2)19-39-33-35-31(34-32(36-33)30-26(37)11-7-12-27(30)38)25-18-16-23-14-13-21-9-6-10-22-15-17-24(25)29(23)28(21)22/h6-7,9,11-15,17-18,20,22-23,32-33,36-38H,3-5,8,10,16,19H2,1-2H3,(H,34,35). The molecule has 6 heteroatoms. The third kappa shape index (κ3) is 4.92. The van der Waals surface area contributed by atoms with E-state index in [1.165, 1.54) is 35.1 Å². The van der Waals surface area contributed by atoms with Crippen LogP contribution in [0.25, 0.3) is 0 Å². The van der Waals surface area contributed by atoms with E-state index in [1.807, 2.05) is 0 Å². The zero-order valence-corrected chi connectivity index (χ0v) is 22.9. The van der Waals surface area contributed by atoms with Crippen molar-refractivity contribution < 1.29 is 14.9 Å². The van der Waals surface area contributed by atoms with Gasteiger partial charge in [0.2, 0.25) is 0 Å². The first kappa shape index (κ1) is 25.9. The van der Waals surface area contributed by atoms with E-state index in [-0.39, 0.29) is 11.5 Å². The number of aliphatic imine (C=N–C) groups is 1. The number of unbranched alkanes of at least 4 members (excludes halogenated alkanes) is 1. The Hall–Kier alpha value is -3.35. The van der Waals surface area contributed by atoms with Gasteiger partial charge in [0, 0.05) is 17.4 Å². The van der Waals surface area contributed by atoms with Gasteiger partial charge in [-0.3, -0.25) is 0 Å². The fourth-order valence-electron chi connectivity index (χ4n) is 6.46. The highest BCUT2D eigenvalue weighted by Gasteiger charge is 2.37. The van der Waals surface area contributed by atoms with Gasteiger partial charge in [0.05, 0.1) is 12.2 Å². The van der Waals surface area contributed by atoms with Crippen molar-refractivity contribution in [3.05, 3.63) is 94.2 Å². The van der Waals surface area contributed by atoms with Crippen LogP contribution in [0.4, 0.5) is 0 Å². The predicted octanol–water partition coefficient (Wildman–Crippen LogP) is 6.46. The molecule has 0 radical (unpaired) electrons. The molecule has 0 aromatic heterocycles. The highest BCUT2D eigenvalue weighted by molar-refractivity contribution is 6.04. The van der Waals surface area contributed by atoms with Gasteiger partial charge in [0.15, 0.2) is 6.35 Å². The normalized spacial score (nSPS) is 27.6. The van der Waals surface area contributed by atoms with Crippen LogP contribution in [0, 0.1) is 17.8 Å². The second-order valence-corrected chi connectivity index (χ2v) is 11.2. The molecule has 4 N–H and O–H groups in total. The Bertz CT molecular complexity index is 1330. The summed E-state index contributed by atoms with van der Waals surface area (Å²) < 4.78 is 6.40. The Morgan fingerprint density at radius 3 is 2.62 bits per heavy atom. The van der Waals surface area contributed by atoms with Crippen molar-refractivity contribution in [1.82, 2.24) is 10.6 Å². The van der Waals surface area contributed by atoms with Crippen molar-refractivity contribution in [3.63, 3.8) is 0 Å². The van der Waals surface area contributed by atoms with Crippen LogP contribution in [0.5, 0.6) is 11.5 Å². The second-order valence-electron chi connectivity index (χ2n) is 11.2. The molecule has 0 bridgehead atoms. The maximum atomic E-state index is 10.7. The summed E-state index contributed by atoms with van der Waals surface area (Å²) >= 11 is 0. The minimum atomic E-state index is -0.661. The van der Waals surface area contributed by atoms with Gasteiger partial charge in [-0.25, -0.2) is 10.3 Å². The van der Waals surface area contributed by atoms with Crippen molar-refractivity contribution in [3.8, 4) is 11.5 Å². The van der Waals surface area contributed by atoms with Crippen LogP contribution in [0.2, 0.25) is 0 Å². The molecule has 5 atom stereocenters. The smallest absolute Gasteiger partial charge is 0.187 e. The summed E-state index contributed by atoms with van der Waals surface area (Å²) in [4.78, 5) is 5.01. The maximum absolute atomic E-state index is 10.7. The summed E-state index contributed by atoms with van der Waals surface area (Å²) in [7, 11) is 0. The van der Waals surface area contributed by atoms with Crippen molar-refractivity contribution >= 4 is 5.84 Å². The van der Waals surface area contributed by atoms with E-state index in [2.05, 4.69) is 67.0 Å². The zero-order chi connectivity index (χ0) is 26.9. The Labute approximate surface area is 231 Å². The summed E-state index contributed by atoms with van der Waals surface area (Å²) in [5.41, 5.74) is 6.80. The lowest BCUT2D eigenvalue weighted by atomic mass is 9.67. The van der Waals surface area contributed by atoms with E-state index in [0.717, 1.165) is 37.1 Å². The SMILES string of the molecule is CCCCC(CC)COC1NC(C2=CCC3C=CC4=C5C3=C2C=CC5CC=C4)=NC(c2c(O)cccc2O)N1. The van der Waals surface area contributed by atoms with Gasteiger partial charge < -0.3 is 20.3 Å². The topological polar surface area (TPSA) is 86.1 Å². The average molecular weight is 526 g/mol. The van der Waals surface area contributed by atoms with Crippen molar-refractivity contribution in [2.75, 3.05) is 6.61 Å². The van der Waals surface area contributed by atoms with E-state index in [9.17, 15) is 10.2 Å². The molecule has 1 aromatic carbocycles. The lowest BCUT2D eigenvalue weighted by molar-refractivity contribution is -0.0141. The van der Waals surface area contributed by atoms with Crippen molar-refractivity contribution in [1.29, 1.82) is 0 Å². The highest BCUT2D eigenvalue weighted by Crippen LogP contribution is 2.49. The molecule has 1 heterocycles. The molecule has 204 valence electrons. The minimum Gasteiger partial charge on any atom is -0.507 e. The van der Waals surface area contributed by atoms with Gasteiger partial charge in [-0.2, -0.15) is 0 Å². The van der Waals surface area contributed by atoms with Crippen LogP contribution in [0.15, 0.2) is 93.6 Å². The number of rotatable bonds is 9. The molecule has 1 aromatic rings. The first-order chi connectivity index (χ1) is 19.1. The number of hydrogen-bond acceptors (Lipinski definition) is 6. The zero-order valence-electron chi connectivity index (χ0n) is 22.9. The van der Waals surface area contributed by atoms with Crippen LogP contribution < -0.4 is 10.6 Å². The third-order valence-electron chi connectivity index (χ3n) is 8.66. The number of aromatic hydroxyl groups is 2. The van der Waals surface area contributed by atoms with Crippen LogP contribution >= 0.6 is 0 Å². The number of allylic oxidation sites excluding steroid dienone is 10. The van der Waals surface area contributed by atoms with E-state index < -0.39 is 12.5 Å². The van der Waals surface area contributed by atoms with Crippen LogP contribution in [-0.4, -0.2) is 29.0 Å². The first-order valence-corrected chi connectivity index (χ1v) is 14.5. The third-order valence-corrected chi connectivity index (χ3v) is 8.66. The fourth-order valence-corrected chi connectivity index (χ4v) is 6.46.